The third kappa shape index (κ3) is 3.58. The molecule has 4 heteroatoms. The number of rotatable bonds is 6. The number of aromatic nitrogens is 1. The topological polar surface area (TPSA) is 47.3 Å². The van der Waals surface area contributed by atoms with E-state index in [2.05, 4.69) is 17.2 Å². The lowest BCUT2D eigenvalue weighted by Crippen LogP contribution is -2.23. The van der Waals surface area contributed by atoms with Crippen LogP contribution in [0, 0.1) is 6.92 Å². The summed E-state index contributed by atoms with van der Waals surface area (Å²) in [7, 11) is 1.72. The first-order valence-corrected chi connectivity index (χ1v) is 6.51. The first-order valence-electron chi connectivity index (χ1n) is 6.51. The van der Waals surface area contributed by atoms with E-state index in [1.807, 2.05) is 31.2 Å². The molecule has 0 radical (unpaired) electrons. The molecule has 2 rings (SSSR count). The summed E-state index contributed by atoms with van der Waals surface area (Å²) in [4.78, 5) is 4.34. The third-order valence-electron chi connectivity index (χ3n) is 2.96. The molecule has 1 atom stereocenters. The van der Waals surface area contributed by atoms with Crippen molar-refractivity contribution >= 4 is 5.69 Å². The summed E-state index contributed by atoms with van der Waals surface area (Å²) in [5.41, 5.74) is 2.92. The molecule has 1 unspecified atom stereocenters. The van der Waals surface area contributed by atoms with Crippen molar-refractivity contribution < 1.29 is 9.15 Å². The van der Waals surface area contributed by atoms with Crippen LogP contribution in [0.2, 0.25) is 0 Å². The average Bonchev–Trinajstić information content (AvgIpc) is 2.85. The molecule has 1 aromatic heterocycles. The Bertz CT molecular complexity index is 522. The molecule has 0 saturated heterocycles. The lowest BCUT2D eigenvalue weighted by molar-refractivity contribution is 0.184. The van der Waals surface area contributed by atoms with Crippen molar-refractivity contribution in [1.82, 2.24) is 4.98 Å². The molecular weight excluding hydrogens is 240 g/mol. The monoisotopic (exact) mass is 260 g/mol. The molecule has 0 fully saturated rings. The number of ether oxygens (including phenoxy) is 1. The van der Waals surface area contributed by atoms with Gasteiger partial charge in [0.15, 0.2) is 0 Å². The minimum Gasteiger partial charge on any atom is -0.444 e. The maximum atomic E-state index is 5.42. The Morgan fingerprint density at radius 1 is 1.42 bits per heavy atom. The van der Waals surface area contributed by atoms with Gasteiger partial charge in [-0.25, -0.2) is 4.98 Å². The van der Waals surface area contributed by atoms with Gasteiger partial charge in [-0.1, -0.05) is 13.0 Å². The summed E-state index contributed by atoms with van der Waals surface area (Å²) in [6.45, 7) is 4.75. The molecule has 4 nitrogen and oxygen atoms in total. The second-order valence-electron chi connectivity index (χ2n) is 4.58. The lowest BCUT2D eigenvalue weighted by Gasteiger charge is -2.17. The molecular formula is C15H20N2O2. The van der Waals surface area contributed by atoms with E-state index in [4.69, 9.17) is 9.15 Å². The van der Waals surface area contributed by atoms with E-state index < -0.39 is 0 Å². The Morgan fingerprint density at radius 3 is 2.89 bits per heavy atom. The summed E-state index contributed by atoms with van der Waals surface area (Å²) in [6, 6.07) is 8.39. The van der Waals surface area contributed by atoms with Crippen LogP contribution in [0.4, 0.5) is 5.69 Å². The summed E-state index contributed by atoms with van der Waals surface area (Å²) >= 11 is 0. The van der Waals surface area contributed by atoms with Crippen molar-refractivity contribution in [3.05, 3.63) is 36.2 Å². The summed E-state index contributed by atoms with van der Waals surface area (Å²) in [5.74, 6) is 0.654. The Hall–Kier alpha value is -1.81. The Labute approximate surface area is 113 Å². The molecule has 2 aromatic rings. The van der Waals surface area contributed by atoms with Crippen molar-refractivity contribution in [3.63, 3.8) is 0 Å². The zero-order valence-corrected chi connectivity index (χ0v) is 11.6. The van der Waals surface area contributed by atoms with Gasteiger partial charge in [-0.2, -0.15) is 0 Å². The SMILES string of the molecule is CCC(COC)Nc1cccc(-c2nc(C)co2)c1. The fraction of sp³-hybridized carbons (Fsp3) is 0.400. The van der Waals surface area contributed by atoms with Gasteiger partial charge in [0.25, 0.3) is 0 Å². The van der Waals surface area contributed by atoms with E-state index in [0.29, 0.717) is 18.5 Å². The molecule has 0 aliphatic rings. The van der Waals surface area contributed by atoms with Crippen molar-refractivity contribution in [2.75, 3.05) is 19.0 Å². The van der Waals surface area contributed by atoms with Crippen molar-refractivity contribution in [2.45, 2.75) is 26.3 Å². The number of hydrogen-bond donors (Lipinski definition) is 1. The van der Waals surface area contributed by atoms with Crippen LogP contribution < -0.4 is 5.32 Å². The van der Waals surface area contributed by atoms with Gasteiger partial charge in [-0.3, -0.25) is 0 Å². The normalized spacial score (nSPS) is 12.4. The van der Waals surface area contributed by atoms with Crippen molar-refractivity contribution in [1.29, 1.82) is 0 Å². The molecule has 19 heavy (non-hydrogen) atoms. The Morgan fingerprint density at radius 2 is 2.26 bits per heavy atom. The first-order chi connectivity index (χ1) is 9.22. The molecule has 1 aromatic carbocycles. The largest absolute Gasteiger partial charge is 0.444 e. The van der Waals surface area contributed by atoms with E-state index in [9.17, 15) is 0 Å². The number of benzene rings is 1. The van der Waals surface area contributed by atoms with E-state index in [1.54, 1.807) is 13.4 Å². The molecule has 1 N–H and O–H groups in total. The predicted molar refractivity (Wildman–Crippen MR) is 76.3 cm³/mol. The minimum atomic E-state index is 0.312. The number of aryl methyl sites for hydroxylation is 1. The first kappa shape index (κ1) is 13.6. The highest BCUT2D eigenvalue weighted by Gasteiger charge is 2.08. The van der Waals surface area contributed by atoms with Crippen LogP contribution in [0.15, 0.2) is 34.9 Å². The minimum absolute atomic E-state index is 0.312. The fourth-order valence-electron chi connectivity index (χ4n) is 1.93. The maximum absolute atomic E-state index is 5.42. The number of hydrogen-bond acceptors (Lipinski definition) is 4. The smallest absolute Gasteiger partial charge is 0.226 e. The highest BCUT2D eigenvalue weighted by atomic mass is 16.5. The second kappa shape index (κ2) is 6.38. The van der Waals surface area contributed by atoms with Crippen LogP contribution in [0.5, 0.6) is 0 Å². The Kier molecular flexibility index (Phi) is 4.58. The molecule has 0 aliphatic heterocycles. The third-order valence-corrected chi connectivity index (χ3v) is 2.96. The molecule has 0 spiro atoms. The Balaban J connectivity index is 2.15. The standard InChI is InChI=1S/C15H20N2O2/c1-4-13(10-18-3)17-14-7-5-6-12(8-14)15-16-11(2)9-19-15/h5-9,13,17H,4,10H2,1-3H3. The summed E-state index contributed by atoms with van der Waals surface area (Å²) in [5, 5.41) is 3.45. The van der Waals surface area contributed by atoms with E-state index in [1.165, 1.54) is 0 Å². The van der Waals surface area contributed by atoms with Gasteiger partial charge < -0.3 is 14.5 Å². The van der Waals surface area contributed by atoms with Gasteiger partial charge in [0.2, 0.25) is 5.89 Å². The van der Waals surface area contributed by atoms with Crippen LogP contribution in [-0.4, -0.2) is 24.7 Å². The van der Waals surface area contributed by atoms with Gasteiger partial charge in [0.05, 0.1) is 12.3 Å². The van der Waals surface area contributed by atoms with E-state index in [-0.39, 0.29) is 0 Å². The highest BCUT2D eigenvalue weighted by molar-refractivity contribution is 5.61. The number of oxazole rings is 1. The second-order valence-corrected chi connectivity index (χ2v) is 4.58. The number of anilines is 1. The quantitative estimate of drug-likeness (QED) is 0.863. The number of nitrogens with one attached hydrogen (secondary N) is 1. The van der Waals surface area contributed by atoms with Gasteiger partial charge in [0, 0.05) is 24.4 Å². The van der Waals surface area contributed by atoms with E-state index >= 15 is 0 Å². The lowest BCUT2D eigenvalue weighted by atomic mass is 10.1. The van der Waals surface area contributed by atoms with Gasteiger partial charge in [-0.15, -0.1) is 0 Å². The van der Waals surface area contributed by atoms with Gasteiger partial charge in [0.1, 0.15) is 6.26 Å². The van der Waals surface area contributed by atoms with Crippen LogP contribution in [0.25, 0.3) is 11.5 Å². The molecule has 0 bridgehead atoms. The molecule has 0 saturated carbocycles. The molecule has 0 aliphatic carbocycles. The van der Waals surface area contributed by atoms with Crippen molar-refractivity contribution in [3.8, 4) is 11.5 Å². The average molecular weight is 260 g/mol. The zero-order valence-electron chi connectivity index (χ0n) is 11.6. The van der Waals surface area contributed by atoms with Crippen LogP contribution >= 0.6 is 0 Å². The molecule has 0 amide bonds. The summed E-state index contributed by atoms with van der Waals surface area (Å²) in [6.07, 6.45) is 2.67. The van der Waals surface area contributed by atoms with Crippen LogP contribution in [0.1, 0.15) is 19.0 Å². The van der Waals surface area contributed by atoms with Crippen molar-refractivity contribution in [2.24, 2.45) is 0 Å². The maximum Gasteiger partial charge on any atom is 0.226 e. The number of methoxy groups -OCH3 is 1. The fourth-order valence-corrected chi connectivity index (χ4v) is 1.93. The zero-order chi connectivity index (χ0) is 13.7. The van der Waals surface area contributed by atoms with Gasteiger partial charge >= 0.3 is 0 Å². The molecule has 1 heterocycles. The van der Waals surface area contributed by atoms with Crippen LogP contribution in [0.3, 0.4) is 0 Å². The molecule has 102 valence electrons. The summed E-state index contributed by atoms with van der Waals surface area (Å²) < 4.78 is 10.6. The van der Waals surface area contributed by atoms with Crippen LogP contribution in [-0.2, 0) is 4.74 Å². The highest BCUT2D eigenvalue weighted by Crippen LogP contribution is 2.22. The number of nitrogens with zero attached hydrogens (tertiary/aromatic N) is 1. The predicted octanol–water partition coefficient (Wildman–Crippen LogP) is 3.49. The van der Waals surface area contributed by atoms with Gasteiger partial charge in [-0.05, 0) is 31.5 Å². The van der Waals surface area contributed by atoms with E-state index in [0.717, 1.165) is 23.4 Å².